The van der Waals surface area contributed by atoms with Crippen molar-refractivity contribution in [3.63, 3.8) is 0 Å². The van der Waals surface area contributed by atoms with Crippen molar-refractivity contribution in [2.75, 3.05) is 26.2 Å². The largest absolute Gasteiger partial charge is 0.391 e. The van der Waals surface area contributed by atoms with E-state index in [1.807, 2.05) is 32.0 Å². The molecule has 0 aliphatic carbocycles. The van der Waals surface area contributed by atoms with Gasteiger partial charge in [0.1, 0.15) is 0 Å². The number of hydrogen-bond acceptors (Lipinski definition) is 3. The summed E-state index contributed by atoms with van der Waals surface area (Å²) in [6.07, 6.45) is -0.0692. The first-order valence-corrected chi connectivity index (χ1v) is 10.3. The minimum atomic E-state index is -3.49. The molecule has 0 spiro atoms. The van der Waals surface area contributed by atoms with Crippen LogP contribution in [0.25, 0.3) is 10.8 Å². The fourth-order valence-corrected chi connectivity index (χ4v) is 5.31. The van der Waals surface area contributed by atoms with Gasteiger partial charge in [0.2, 0.25) is 0 Å². The number of aliphatic hydroxyl groups is 1. The van der Waals surface area contributed by atoms with Crippen LogP contribution < -0.4 is 0 Å². The number of nitrogens with zero attached hydrogens (tertiary/aromatic N) is 2. The van der Waals surface area contributed by atoms with Crippen LogP contribution in [0.1, 0.15) is 31.7 Å². The molecule has 0 aromatic heterocycles. The molecule has 2 atom stereocenters. The van der Waals surface area contributed by atoms with Crippen LogP contribution >= 0.6 is 0 Å². The van der Waals surface area contributed by atoms with Crippen molar-refractivity contribution in [1.29, 1.82) is 0 Å². The first-order valence-electron chi connectivity index (χ1n) is 8.89. The van der Waals surface area contributed by atoms with Crippen molar-refractivity contribution >= 4 is 21.0 Å². The van der Waals surface area contributed by atoms with E-state index in [4.69, 9.17) is 0 Å². The lowest BCUT2D eigenvalue weighted by molar-refractivity contribution is 0.0828. The highest BCUT2D eigenvalue weighted by Gasteiger charge is 2.36. The average Bonchev–Trinajstić information content (AvgIpc) is 2.62. The Morgan fingerprint density at radius 3 is 2.44 bits per heavy atom. The van der Waals surface area contributed by atoms with Crippen LogP contribution in [-0.2, 0) is 10.2 Å². The van der Waals surface area contributed by atoms with Crippen molar-refractivity contribution in [3.05, 3.63) is 48.0 Å². The minimum absolute atomic E-state index is 0.0345. The summed E-state index contributed by atoms with van der Waals surface area (Å²) in [7, 11) is -3.49. The van der Waals surface area contributed by atoms with E-state index in [9.17, 15) is 13.5 Å². The van der Waals surface area contributed by atoms with Crippen molar-refractivity contribution in [1.82, 2.24) is 8.61 Å². The highest BCUT2D eigenvalue weighted by molar-refractivity contribution is 7.86. The normalized spacial score (nSPS) is 22.6. The van der Waals surface area contributed by atoms with Crippen LogP contribution in [0.4, 0.5) is 0 Å². The Labute approximate surface area is 150 Å². The summed E-state index contributed by atoms with van der Waals surface area (Å²) in [5, 5.41) is 12.9. The van der Waals surface area contributed by atoms with Crippen LogP contribution in [0.3, 0.4) is 0 Å². The van der Waals surface area contributed by atoms with Gasteiger partial charge < -0.3 is 5.11 Å². The molecule has 2 aromatic rings. The molecule has 1 heterocycles. The molecule has 1 aliphatic heterocycles. The smallest absolute Gasteiger partial charge is 0.282 e. The summed E-state index contributed by atoms with van der Waals surface area (Å²) >= 11 is 0. The fourth-order valence-electron chi connectivity index (χ4n) is 3.65. The first kappa shape index (κ1) is 18.3. The van der Waals surface area contributed by atoms with Gasteiger partial charge in [-0.15, -0.1) is 0 Å². The second kappa shape index (κ2) is 7.41. The van der Waals surface area contributed by atoms with Crippen LogP contribution in [0.15, 0.2) is 42.5 Å². The highest BCUT2D eigenvalue weighted by atomic mass is 32.2. The van der Waals surface area contributed by atoms with E-state index in [0.717, 1.165) is 10.9 Å². The molecule has 6 heteroatoms. The van der Waals surface area contributed by atoms with Crippen LogP contribution in [0, 0.1) is 0 Å². The molecular formula is C19H26N2O3S. The van der Waals surface area contributed by atoms with Crippen molar-refractivity contribution in [2.24, 2.45) is 0 Å². The van der Waals surface area contributed by atoms with E-state index in [2.05, 4.69) is 24.3 Å². The SMILES string of the molecule is CCN(CC)S(=O)(=O)N1CC[C@@H](c2ccc3ccccc3c2)[C@H](O)C1. The van der Waals surface area contributed by atoms with Crippen LogP contribution in [-0.4, -0.2) is 54.4 Å². The third kappa shape index (κ3) is 3.58. The van der Waals surface area contributed by atoms with Gasteiger partial charge in [-0.3, -0.25) is 0 Å². The van der Waals surface area contributed by atoms with E-state index in [1.165, 1.54) is 14.0 Å². The molecular weight excluding hydrogens is 336 g/mol. The van der Waals surface area contributed by atoms with Gasteiger partial charge in [-0.1, -0.05) is 56.3 Å². The van der Waals surface area contributed by atoms with Crippen LogP contribution in [0.2, 0.25) is 0 Å². The fraction of sp³-hybridized carbons (Fsp3) is 0.474. The molecule has 2 aromatic carbocycles. The quantitative estimate of drug-likeness (QED) is 0.889. The summed E-state index contributed by atoms with van der Waals surface area (Å²) in [5.41, 5.74) is 1.08. The van der Waals surface area contributed by atoms with E-state index in [1.54, 1.807) is 0 Å². The molecule has 25 heavy (non-hydrogen) atoms. The lowest BCUT2D eigenvalue weighted by atomic mass is 9.87. The number of benzene rings is 2. The third-order valence-electron chi connectivity index (χ3n) is 5.10. The Hall–Kier alpha value is -1.47. The third-order valence-corrected chi connectivity index (χ3v) is 7.26. The van der Waals surface area contributed by atoms with Gasteiger partial charge in [0.05, 0.1) is 6.10 Å². The van der Waals surface area contributed by atoms with Gasteiger partial charge in [-0.2, -0.15) is 17.0 Å². The average molecular weight is 362 g/mol. The molecule has 0 bridgehead atoms. The van der Waals surface area contributed by atoms with E-state index in [-0.39, 0.29) is 12.5 Å². The number of hydrogen-bond donors (Lipinski definition) is 1. The molecule has 3 rings (SSSR count). The van der Waals surface area contributed by atoms with E-state index in [0.29, 0.717) is 26.1 Å². The molecule has 0 radical (unpaired) electrons. The maximum atomic E-state index is 12.7. The summed E-state index contributed by atoms with van der Waals surface area (Å²) in [5.74, 6) is -0.0345. The Kier molecular flexibility index (Phi) is 5.43. The van der Waals surface area contributed by atoms with Gasteiger partial charge in [-0.05, 0) is 22.8 Å². The predicted octanol–water partition coefficient (Wildman–Crippen LogP) is 2.58. The summed E-state index contributed by atoms with van der Waals surface area (Å²) < 4.78 is 28.2. The Bertz CT molecular complexity index is 833. The number of aliphatic hydroxyl groups excluding tert-OH is 1. The van der Waals surface area contributed by atoms with Gasteiger partial charge in [0.25, 0.3) is 10.2 Å². The molecule has 1 fully saturated rings. The summed E-state index contributed by atoms with van der Waals surface area (Å²) in [6, 6.07) is 14.4. The lowest BCUT2D eigenvalue weighted by Gasteiger charge is -2.37. The molecule has 1 N–H and O–H groups in total. The van der Waals surface area contributed by atoms with Gasteiger partial charge in [0, 0.05) is 32.1 Å². The molecule has 136 valence electrons. The van der Waals surface area contributed by atoms with Crippen molar-refractivity contribution in [2.45, 2.75) is 32.3 Å². The summed E-state index contributed by atoms with van der Waals surface area (Å²) in [4.78, 5) is 0. The Balaban J connectivity index is 1.79. The van der Waals surface area contributed by atoms with E-state index < -0.39 is 16.3 Å². The second-order valence-corrected chi connectivity index (χ2v) is 8.45. The first-order chi connectivity index (χ1) is 12.0. The number of rotatable bonds is 5. The molecule has 5 nitrogen and oxygen atoms in total. The number of piperidine rings is 1. The zero-order valence-electron chi connectivity index (χ0n) is 14.8. The Morgan fingerprint density at radius 2 is 1.80 bits per heavy atom. The maximum absolute atomic E-state index is 12.7. The summed E-state index contributed by atoms with van der Waals surface area (Å²) in [6.45, 7) is 5.14. The monoisotopic (exact) mass is 362 g/mol. The Morgan fingerprint density at radius 1 is 1.12 bits per heavy atom. The highest BCUT2D eigenvalue weighted by Crippen LogP contribution is 2.32. The minimum Gasteiger partial charge on any atom is -0.391 e. The number of fused-ring (bicyclic) bond motifs is 1. The molecule has 1 saturated heterocycles. The molecule has 0 saturated carbocycles. The molecule has 0 unspecified atom stereocenters. The van der Waals surface area contributed by atoms with Gasteiger partial charge >= 0.3 is 0 Å². The van der Waals surface area contributed by atoms with Crippen LogP contribution in [0.5, 0.6) is 0 Å². The zero-order valence-corrected chi connectivity index (χ0v) is 15.6. The van der Waals surface area contributed by atoms with Crippen molar-refractivity contribution in [3.8, 4) is 0 Å². The predicted molar refractivity (Wildman–Crippen MR) is 101 cm³/mol. The topological polar surface area (TPSA) is 60.9 Å². The zero-order chi connectivity index (χ0) is 18.0. The molecule has 1 aliphatic rings. The van der Waals surface area contributed by atoms with Gasteiger partial charge in [-0.25, -0.2) is 0 Å². The second-order valence-electron chi connectivity index (χ2n) is 6.52. The van der Waals surface area contributed by atoms with E-state index >= 15 is 0 Å². The maximum Gasteiger partial charge on any atom is 0.282 e. The van der Waals surface area contributed by atoms with Gasteiger partial charge in [0.15, 0.2) is 0 Å². The number of β-amino-alcohol motifs (C(OH)–C–C–N with tert-alkyl or cyclic N) is 1. The molecule has 0 amide bonds. The standard InChI is InChI=1S/C19H26N2O3S/c1-3-20(4-2)25(23,24)21-12-11-18(19(22)14-21)17-10-9-15-7-5-6-8-16(15)13-17/h5-10,13,18-19,22H,3-4,11-12,14H2,1-2H3/t18-,19+/m0/s1. The van der Waals surface area contributed by atoms with Crippen molar-refractivity contribution < 1.29 is 13.5 Å². The lowest BCUT2D eigenvalue weighted by Crippen LogP contribution is -2.51.